The average molecular weight is 304 g/mol. The van der Waals surface area contributed by atoms with Gasteiger partial charge in [-0.1, -0.05) is 25.5 Å². The van der Waals surface area contributed by atoms with Gasteiger partial charge >= 0.3 is 0 Å². The van der Waals surface area contributed by atoms with Gasteiger partial charge in [0, 0.05) is 19.2 Å². The molecule has 0 bridgehead atoms. The number of nitrogen functional groups attached to an aromatic ring is 1. The van der Waals surface area contributed by atoms with Gasteiger partial charge in [-0.2, -0.15) is 0 Å². The van der Waals surface area contributed by atoms with Gasteiger partial charge in [-0.05, 0) is 43.9 Å². The van der Waals surface area contributed by atoms with Crippen LogP contribution in [0.2, 0.25) is 0 Å². The van der Waals surface area contributed by atoms with Crippen molar-refractivity contribution in [3.63, 3.8) is 0 Å². The van der Waals surface area contributed by atoms with Gasteiger partial charge in [0.05, 0.1) is 11.4 Å². The summed E-state index contributed by atoms with van der Waals surface area (Å²) >= 11 is 0. The standard InChI is InChI=1S/C17H28N4O/c1-5-12(2)6-7-13(3)11-20-17(22)14-8-9-15(18)16(10-14)21(4)19/h6,8-10,13H,5,7,11,18-19H2,1-4H3,(H,20,22)/b12-6-/t13-/m1/s1. The van der Waals surface area contributed by atoms with Gasteiger partial charge in [-0.25, -0.2) is 5.84 Å². The summed E-state index contributed by atoms with van der Waals surface area (Å²) in [6.45, 7) is 7.04. The van der Waals surface area contributed by atoms with Gasteiger partial charge in [-0.15, -0.1) is 0 Å². The van der Waals surface area contributed by atoms with Crippen LogP contribution in [-0.4, -0.2) is 19.5 Å². The van der Waals surface area contributed by atoms with Crippen LogP contribution in [0.1, 0.15) is 44.0 Å². The van der Waals surface area contributed by atoms with E-state index in [1.807, 2.05) is 0 Å². The van der Waals surface area contributed by atoms with E-state index in [4.69, 9.17) is 11.6 Å². The number of benzene rings is 1. The van der Waals surface area contributed by atoms with Crippen molar-refractivity contribution in [3.8, 4) is 0 Å². The lowest BCUT2D eigenvalue weighted by Crippen LogP contribution is -2.29. The summed E-state index contributed by atoms with van der Waals surface area (Å²) in [5, 5.41) is 4.37. The highest BCUT2D eigenvalue weighted by Gasteiger charge is 2.11. The molecule has 0 aliphatic heterocycles. The predicted molar refractivity (Wildman–Crippen MR) is 93.6 cm³/mol. The van der Waals surface area contributed by atoms with Crippen molar-refractivity contribution in [1.29, 1.82) is 0 Å². The van der Waals surface area contributed by atoms with Gasteiger partial charge in [0.1, 0.15) is 0 Å². The number of rotatable bonds is 7. The first-order valence-corrected chi connectivity index (χ1v) is 7.66. The fraction of sp³-hybridized carbons (Fsp3) is 0.471. The molecule has 122 valence electrons. The normalized spacial score (nSPS) is 12.9. The van der Waals surface area contributed by atoms with Crippen LogP contribution in [-0.2, 0) is 0 Å². The molecule has 0 saturated carbocycles. The van der Waals surface area contributed by atoms with E-state index < -0.39 is 0 Å². The van der Waals surface area contributed by atoms with Crippen LogP contribution in [0.3, 0.4) is 0 Å². The van der Waals surface area contributed by atoms with Crippen LogP contribution < -0.4 is 21.9 Å². The Morgan fingerprint density at radius 3 is 2.73 bits per heavy atom. The van der Waals surface area contributed by atoms with E-state index in [1.165, 1.54) is 10.6 Å². The molecule has 0 aliphatic rings. The maximum absolute atomic E-state index is 12.2. The summed E-state index contributed by atoms with van der Waals surface area (Å²) in [5.74, 6) is 6.00. The minimum absolute atomic E-state index is 0.105. The number of allylic oxidation sites excluding steroid dienone is 2. The zero-order chi connectivity index (χ0) is 16.7. The molecule has 1 rings (SSSR count). The lowest BCUT2D eigenvalue weighted by atomic mass is 10.0. The topological polar surface area (TPSA) is 84.4 Å². The Hall–Kier alpha value is -2.01. The van der Waals surface area contributed by atoms with Crippen LogP contribution in [0.5, 0.6) is 0 Å². The molecule has 0 fully saturated rings. The second-order valence-electron chi connectivity index (χ2n) is 5.84. The highest BCUT2D eigenvalue weighted by atomic mass is 16.1. The van der Waals surface area contributed by atoms with Gasteiger partial charge in [0.15, 0.2) is 0 Å². The molecule has 22 heavy (non-hydrogen) atoms. The number of nitrogens with two attached hydrogens (primary N) is 2. The molecule has 1 aromatic carbocycles. The molecule has 5 nitrogen and oxygen atoms in total. The maximum atomic E-state index is 12.2. The molecule has 5 heteroatoms. The highest BCUT2D eigenvalue weighted by molar-refractivity contribution is 5.96. The zero-order valence-corrected chi connectivity index (χ0v) is 14.0. The fourth-order valence-electron chi connectivity index (χ4n) is 1.99. The van der Waals surface area contributed by atoms with E-state index >= 15 is 0 Å². The van der Waals surface area contributed by atoms with E-state index in [2.05, 4.69) is 32.2 Å². The molecule has 5 N–H and O–H groups in total. The number of hydrogen-bond acceptors (Lipinski definition) is 4. The minimum Gasteiger partial charge on any atom is -0.397 e. The molecule has 1 amide bonds. The molecule has 0 unspecified atom stereocenters. The van der Waals surface area contributed by atoms with Crippen molar-refractivity contribution >= 4 is 17.3 Å². The third-order valence-electron chi connectivity index (χ3n) is 3.71. The van der Waals surface area contributed by atoms with Crippen LogP contribution in [0.25, 0.3) is 0 Å². The van der Waals surface area contributed by atoms with Gasteiger partial charge in [-0.3, -0.25) is 4.79 Å². The smallest absolute Gasteiger partial charge is 0.251 e. The largest absolute Gasteiger partial charge is 0.397 e. The summed E-state index contributed by atoms with van der Waals surface area (Å²) in [4.78, 5) is 12.2. The van der Waals surface area contributed by atoms with Gasteiger partial charge in [0.2, 0.25) is 0 Å². The number of hydrogen-bond donors (Lipinski definition) is 3. The van der Waals surface area contributed by atoms with Crippen molar-refractivity contribution in [3.05, 3.63) is 35.4 Å². The van der Waals surface area contributed by atoms with E-state index in [0.717, 1.165) is 12.8 Å². The molecular formula is C17H28N4O. The molecular weight excluding hydrogens is 276 g/mol. The summed E-state index contributed by atoms with van der Waals surface area (Å²) in [6.07, 6.45) is 4.28. The first-order valence-electron chi connectivity index (χ1n) is 7.66. The van der Waals surface area contributed by atoms with Crippen molar-refractivity contribution in [2.24, 2.45) is 11.8 Å². The summed E-state index contributed by atoms with van der Waals surface area (Å²) in [5.41, 5.74) is 8.97. The van der Waals surface area contributed by atoms with Gasteiger partial charge in [0.25, 0.3) is 5.91 Å². The first-order chi connectivity index (χ1) is 10.3. The quantitative estimate of drug-likeness (QED) is 0.313. The van der Waals surface area contributed by atoms with Crippen LogP contribution in [0.4, 0.5) is 11.4 Å². The van der Waals surface area contributed by atoms with E-state index in [1.54, 1.807) is 25.2 Å². The molecule has 0 radical (unpaired) electrons. The Balaban J connectivity index is 2.61. The molecule has 1 atom stereocenters. The maximum Gasteiger partial charge on any atom is 0.251 e. The predicted octanol–water partition coefficient (Wildman–Crippen LogP) is 2.69. The number of carbonyl (C=O) groups is 1. The first kappa shape index (κ1) is 18.0. The fourth-order valence-corrected chi connectivity index (χ4v) is 1.99. The molecule has 0 heterocycles. The van der Waals surface area contributed by atoms with E-state index in [-0.39, 0.29) is 5.91 Å². The molecule has 0 spiro atoms. The molecule has 0 aromatic heterocycles. The van der Waals surface area contributed by atoms with Crippen molar-refractivity contribution in [1.82, 2.24) is 5.32 Å². The van der Waals surface area contributed by atoms with Crippen molar-refractivity contribution < 1.29 is 4.79 Å². The van der Waals surface area contributed by atoms with Gasteiger partial charge < -0.3 is 16.1 Å². The SMILES string of the molecule is CC/C(C)=C\C[C@@H](C)CNC(=O)c1ccc(N)c(N(C)N)c1. The van der Waals surface area contributed by atoms with E-state index in [0.29, 0.717) is 29.4 Å². The number of hydrazine groups is 1. The van der Waals surface area contributed by atoms with Crippen molar-refractivity contribution in [2.45, 2.75) is 33.6 Å². The Morgan fingerprint density at radius 1 is 1.45 bits per heavy atom. The Bertz CT molecular complexity index is 537. The monoisotopic (exact) mass is 304 g/mol. The third-order valence-corrected chi connectivity index (χ3v) is 3.71. The summed E-state index contributed by atoms with van der Waals surface area (Å²) < 4.78 is 0. The molecule has 0 aliphatic carbocycles. The van der Waals surface area contributed by atoms with Crippen LogP contribution in [0.15, 0.2) is 29.8 Å². The molecule has 1 aromatic rings. The van der Waals surface area contributed by atoms with Crippen LogP contribution >= 0.6 is 0 Å². The number of nitrogens with one attached hydrogen (secondary N) is 1. The lowest BCUT2D eigenvalue weighted by molar-refractivity contribution is 0.0948. The second-order valence-corrected chi connectivity index (χ2v) is 5.84. The highest BCUT2D eigenvalue weighted by Crippen LogP contribution is 2.21. The lowest BCUT2D eigenvalue weighted by Gasteiger charge is -2.16. The third kappa shape index (κ3) is 5.41. The van der Waals surface area contributed by atoms with Crippen LogP contribution in [0, 0.1) is 5.92 Å². The zero-order valence-electron chi connectivity index (χ0n) is 14.0. The second kappa shape index (κ2) is 8.44. The van der Waals surface area contributed by atoms with E-state index in [9.17, 15) is 4.79 Å². The van der Waals surface area contributed by atoms with Crippen molar-refractivity contribution in [2.75, 3.05) is 24.3 Å². The molecule has 0 saturated heterocycles. The number of amides is 1. The number of anilines is 2. The Kier molecular flexibility index (Phi) is 6.92. The summed E-state index contributed by atoms with van der Waals surface area (Å²) in [6, 6.07) is 5.12. The Labute approximate surface area is 133 Å². The Morgan fingerprint density at radius 2 is 2.14 bits per heavy atom. The number of carbonyl (C=O) groups excluding carboxylic acids is 1. The number of nitrogens with zero attached hydrogens (tertiary/aromatic N) is 1. The summed E-state index contributed by atoms with van der Waals surface area (Å²) in [7, 11) is 1.69. The average Bonchev–Trinajstić information content (AvgIpc) is 2.50. The minimum atomic E-state index is -0.105.